The summed E-state index contributed by atoms with van der Waals surface area (Å²) >= 11 is 0. The molecule has 0 atom stereocenters. The first-order valence-electron chi connectivity index (χ1n) is 6.60. The van der Waals surface area contributed by atoms with Crippen LogP contribution in [0, 0.1) is 13.8 Å². The molecule has 0 unspecified atom stereocenters. The van der Waals surface area contributed by atoms with Crippen LogP contribution in [0.1, 0.15) is 30.3 Å². The standard InChI is InChI=1S/C15H19N3O2/c1-4-14(19)20-15-10(2)17-18(11(15)3)9-12-5-7-13(16)8-6-12/h5-8H,4,9,16H2,1-3H3. The van der Waals surface area contributed by atoms with Gasteiger partial charge < -0.3 is 10.5 Å². The largest absolute Gasteiger partial charge is 0.423 e. The second kappa shape index (κ2) is 5.77. The van der Waals surface area contributed by atoms with Gasteiger partial charge in [-0.1, -0.05) is 19.1 Å². The van der Waals surface area contributed by atoms with Crippen LogP contribution in [-0.4, -0.2) is 15.7 Å². The predicted octanol–water partition coefficient (Wildman–Crippen LogP) is 2.45. The molecule has 5 nitrogen and oxygen atoms in total. The number of anilines is 1. The van der Waals surface area contributed by atoms with Crippen molar-refractivity contribution in [2.45, 2.75) is 33.7 Å². The lowest BCUT2D eigenvalue weighted by atomic mass is 10.2. The minimum Gasteiger partial charge on any atom is -0.423 e. The molecule has 0 aliphatic carbocycles. The lowest BCUT2D eigenvalue weighted by molar-refractivity contribution is -0.134. The van der Waals surface area contributed by atoms with Gasteiger partial charge in [-0.05, 0) is 31.5 Å². The first-order valence-corrected chi connectivity index (χ1v) is 6.60. The van der Waals surface area contributed by atoms with Gasteiger partial charge in [0.1, 0.15) is 5.69 Å². The number of hydrogen-bond donors (Lipinski definition) is 1. The van der Waals surface area contributed by atoms with E-state index in [1.807, 2.05) is 42.8 Å². The van der Waals surface area contributed by atoms with Gasteiger partial charge in [0, 0.05) is 12.1 Å². The van der Waals surface area contributed by atoms with E-state index < -0.39 is 0 Å². The van der Waals surface area contributed by atoms with E-state index >= 15 is 0 Å². The summed E-state index contributed by atoms with van der Waals surface area (Å²) in [6.07, 6.45) is 0.349. The number of nitrogens with zero attached hydrogens (tertiary/aromatic N) is 2. The summed E-state index contributed by atoms with van der Waals surface area (Å²) in [5, 5.41) is 4.42. The first kappa shape index (κ1) is 14.1. The molecular formula is C15H19N3O2. The van der Waals surface area contributed by atoms with Crippen LogP contribution < -0.4 is 10.5 Å². The molecule has 0 bridgehead atoms. The van der Waals surface area contributed by atoms with E-state index in [-0.39, 0.29) is 5.97 Å². The average molecular weight is 273 g/mol. The summed E-state index contributed by atoms with van der Waals surface area (Å²) in [7, 11) is 0. The minimum absolute atomic E-state index is 0.247. The molecule has 1 heterocycles. The Balaban J connectivity index is 2.23. The number of ether oxygens (including phenoxy) is 1. The molecule has 2 aromatic rings. The Hall–Kier alpha value is -2.30. The number of aryl methyl sites for hydroxylation is 1. The monoisotopic (exact) mass is 273 g/mol. The van der Waals surface area contributed by atoms with E-state index in [0.29, 0.717) is 18.7 Å². The second-order valence-corrected chi connectivity index (χ2v) is 4.73. The molecule has 20 heavy (non-hydrogen) atoms. The number of rotatable bonds is 4. The molecule has 0 fully saturated rings. The molecular weight excluding hydrogens is 254 g/mol. The summed E-state index contributed by atoms with van der Waals surface area (Å²) < 4.78 is 7.15. The topological polar surface area (TPSA) is 70.1 Å². The maximum Gasteiger partial charge on any atom is 0.311 e. The molecule has 0 aliphatic heterocycles. The van der Waals surface area contributed by atoms with Crippen LogP contribution in [0.15, 0.2) is 24.3 Å². The SMILES string of the molecule is CCC(=O)Oc1c(C)nn(Cc2ccc(N)cc2)c1C. The second-order valence-electron chi connectivity index (χ2n) is 4.73. The Morgan fingerprint density at radius 2 is 1.95 bits per heavy atom. The summed E-state index contributed by atoms with van der Waals surface area (Å²) in [4.78, 5) is 11.4. The van der Waals surface area contributed by atoms with Crippen molar-refractivity contribution in [3.8, 4) is 5.75 Å². The molecule has 0 amide bonds. The minimum atomic E-state index is -0.247. The van der Waals surface area contributed by atoms with E-state index in [9.17, 15) is 4.79 Å². The van der Waals surface area contributed by atoms with Gasteiger partial charge in [-0.3, -0.25) is 9.48 Å². The number of esters is 1. The van der Waals surface area contributed by atoms with Crippen molar-refractivity contribution in [3.05, 3.63) is 41.2 Å². The zero-order valence-electron chi connectivity index (χ0n) is 12.0. The average Bonchev–Trinajstić information content (AvgIpc) is 2.69. The maximum atomic E-state index is 11.4. The van der Waals surface area contributed by atoms with Gasteiger partial charge >= 0.3 is 5.97 Å². The number of carbonyl (C=O) groups excluding carboxylic acids is 1. The number of carbonyl (C=O) groups is 1. The van der Waals surface area contributed by atoms with Gasteiger partial charge in [0.15, 0.2) is 5.75 Å². The van der Waals surface area contributed by atoms with Crippen molar-refractivity contribution in [2.24, 2.45) is 0 Å². The number of nitrogen functional groups attached to an aromatic ring is 1. The summed E-state index contributed by atoms with van der Waals surface area (Å²) in [6, 6.07) is 7.64. The van der Waals surface area contributed by atoms with Crippen LogP contribution in [0.3, 0.4) is 0 Å². The highest BCUT2D eigenvalue weighted by atomic mass is 16.5. The molecule has 0 saturated heterocycles. The Kier molecular flexibility index (Phi) is 4.08. The Morgan fingerprint density at radius 3 is 2.55 bits per heavy atom. The zero-order valence-corrected chi connectivity index (χ0v) is 12.0. The van der Waals surface area contributed by atoms with Crippen molar-refractivity contribution in [1.29, 1.82) is 0 Å². The van der Waals surface area contributed by atoms with Crippen molar-refractivity contribution in [3.63, 3.8) is 0 Å². The quantitative estimate of drug-likeness (QED) is 0.686. The fourth-order valence-corrected chi connectivity index (χ4v) is 1.96. The van der Waals surface area contributed by atoms with Crippen LogP contribution in [0.2, 0.25) is 0 Å². The Labute approximate surface area is 118 Å². The third kappa shape index (κ3) is 2.99. The number of aromatic nitrogens is 2. The van der Waals surface area contributed by atoms with Gasteiger partial charge in [0.25, 0.3) is 0 Å². The summed E-state index contributed by atoms with van der Waals surface area (Å²) in [5.41, 5.74) is 9.07. The third-order valence-electron chi connectivity index (χ3n) is 3.13. The van der Waals surface area contributed by atoms with Crippen molar-refractivity contribution in [2.75, 3.05) is 5.73 Å². The van der Waals surface area contributed by atoms with E-state index in [0.717, 1.165) is 22.6 Å². The van der Waals surface area contributed by atoms with Gasteiger partial charge in [-0.25, -0.2) is 0 Å². The third-order valence-corrected chi connectivity index (χ3v) is 3.13. The highest BCUT2D eigenvalue weighted by Crippen LogP contribution is 2.23. The smallest absolute Gasteiger partial charge is 0.311 e. The molecule has 1 aromatic carbocycles. The van der Waals surface area contributed by atoms with Crippen LogP contribution in [-0.2, 0) is 11.3 Å². The van der Waals surface area contributed by atoms with Gasteiger partial charge in [0.05, 0.1) is 12.2 Å². The van der Waals surface area contributed by atoms with Gasteiger partial charge in [0.2, 0.25) is 0 Å². The molecule has 0 aliphatic rings. The molecule has 0 saturated carbocycles. The Bertz CT molecular complexity index is 615. The van der Waals surface area contributed by atoms with Crippen LogP contribution in [0.25, 0.3) is 0 Å². The van der Waals surface area contributed by atoms with Crippen molar-refractivity contribution >= 4 is 11.7 Å². The van der Waals surface area contributed by atoms with Crippen molar-refractivity contribution in [1.82, 2.24) is 9.78 Å². The molecule has 2 N–H and O–H groups in total. The van der Waals surface area contributed by atoms with E-state index in [1.165, 1.54) is 0 Å². The fraction of sp³-hybridized carbons (Fsp3) is 0.333. The zero-order chi connectivity index (χ0) is 14.7. The summed E-state index contributed by atoms with van der Waals surface area (Å²) in [6.45, 7) is 6.13. The lowest BCUT2D eigenvalue weighted by Crippen LogP contribution is -2.08. The Morgan fingerprint density at radius 1 is 1.30 bits per heavy atom. The number of benzene rings is 1. The van der Waals surface area contributed by atoms with Gasteiger partial charge in [-0.2, -0.15) is 5.10 Å². The van der Waals surface area contributed by atoms with E-state index in [2.05, 4.69) is 5.10 Å². The maximum absolute atomic E-state index is 11.4. The highest BCUT2D eigenvalue weighted by Gasteiger charge is 2.15. The van der Waals surface area contributed by atoms with E-state index in [1.54, 1.807) is 6.92 Å². The molecule has 5 heteroatoms. The number of hydrogen-bond acceptors (Lipinski definition) is 4. The molecule has 1 aromatic heterocycles. The molecule has 2 rings (SSSR count). The van der Waals surface area contributed by atoms with Crippen LogP contribution in [0.4, 0.5) is 5.69 Å². The van der Waals surface area contributed by atoms with Crippen LogP contribution >= 0.6 is 0 Å². The predicted molar refractivity (Wildman–Crippen MR) is 77.6 cm³/mol. The molecule has 106 valence electrons. The normalized spacial score (nSPS) is 10.6. The fourth-order valence-electron chi connectivity index (χ4n) is 1.96. The lowest BCUT2D eigenvalue weighted by Gasteiger charge is -2.06. The highest BCUT2D eigenvalue weighted by molar-refractivity contribution is 5.72. The molecule has 0 spiro atoms. The number of nitrogens with two attached hydrogens (primary N) is 1. The van der Waals surface area contributed by atoms with Crippen molar-refractivity contribution < 1.29 is 9.53 Å². The first-order chi connectivity index (χ1) is 9.51. The molecule has 0 radical (unpaired) electrons. The van der Waals surface area contributed by atoms with E-state index in [4.69, 9.17) is 10.5 Å². The summed E-state index contributed by atoms with van der Waals surface area (Å²) in [5.74, 6) is 0.315. The van der Waals surface area contributed by atoms with Gasteiger partial charge in [-0.15, -0.1) is 0 Å². The van der Waals surface area contributed by atoms with Crippen LogP contribution in [0.5, 0.6) is 5.75 Å².